The summed E-state index contributed by atoms with van der Waals surface area (Å²) in [4.78, 5) is 13.7. The second-order valence-electron chi connectivity index (χ2n) is 9.53. The highest BCUT2D eigenvalue weighted by Crippen LogP contribution is 2.40. The minimum absolute atomic E-state index is 0.0227. The number of anilines is 1. The van der Waals surface area contributed by atoms with E-state index in [1.807, 2.05) is 24.7 Å². The number of nitrogens with zero attached hydrogens (tertiary/aromatic N) is 5. The number of methoxy groups -OCH3 is 1. The number of hydrogen-bond acceptors (Lipinski definition) is 8. The topological polar surface area (TPSA) is 118 Å². The van der Waals surface area contributed by atoms with Crippen molar-refractivity contribution in [3.63, 3.8) is 0 Å². The van der Waals surface area contributed by atoms with Gasteiger partial charge in [-0.25, -0.2) is 9.67 Å². The molecule has 0 saturated heterocycles. The molecule has 0 aliphatic carbocycles. The molecule has 4 heterocycles. The second kappa shape index (κ2) is 7.94. The van der Waals surface area contributed by atoms with E-state index in [4.69, 9.17) is 21.3 Å². The Hall–Kier alpha value is -2.39. The van der Waals surface area contributed by atoms with Gasteiger partial charge in [0.2, 0.25) is 5.95 Å². The molecule has 31 heavy (non-hydrogen) atoms. The van der Waals surface area contributed by atoms with E-state index in [1.54, 1.807) is 18.9 Å². The minimum Gasteiger partial charge on any atom is -0.496 e. The SMILES string of the molecule is COc1c(C)cnc(Cn2nc3c4c(nc(N)nc42)SC(CC(C)(C)C)C(N)C3)c1C. The molecule has 0 radical (unpaired) electrons. The van der Waals surface area contributed by atoms with Crippen LogP contribution in [0.1, 0.15) is 49.7 Å². The molecule has 2 unspecified atom stereocenters. The smallest absolute Gasteiger partial charge is 0.223 e. The van der Waals surface area contributed by atoms with Crippen LogP contribution in [0.5, 0.6) is 5.75 Å². The Balaban J connectivity index is 1.78. The summed E-state index contributed by atoms with van der Waals surface area (Å²) in [7, 11) is 1.68. The van der Waals surface area contributed by atoms with Gasteiger partial charge in [-0.05, 0) is 25.7 Å². The number of aromatic nitrogens is 5. The van der Waals surface area contributed by atoms with E-state index in [9.17, 15) is 0 Å². The zero-order valence-corrected chi connectivity index (χ0v) is 19.9. The third-order valence-electron chi connectivity index (χ3n) is 5.68. The molecule has 0 aromatic carbocycles. The molecule has 8 nitrogen and oxygen atoms in total. The van der Waals surface area contributed by atoms with E-state index >= 15 is 0 Å². The van der Waals surface area contributed by atoms with Crippen LogP contribution in [0.3, 0.4) is 0 Å². The van der Waals surface area contributed by atoms with E-state index in [0.29, 0.717) is 13.0 Å². The molecule has 1 aliphatic rings. The van der Waals surface area contributed by atoms with Gasteiger partial charge in [-0.2, -0.15) is 10.1 Å². The van der Waals surface area contributed by atoms with Gasteiger partial charge in [-0.15, -0.1) is 11.8 Å². The molecule has 0 bridgehead atoms. The van der Waals surface area contributed by atoms with Gasteiger partial charge in [0.1, 0.15) is 10.8 Å². The first-order valence-corrected chi connectivity index (χ1v) is 11.4. The molecule has 166 valence electrons. The molecule has 0 spiro atoms. The maximum atomic E-state index is 6.64. The average Bonchev–Trinajstić information content (AvgIpc) is 2.93. The molecule has 9 heteroatoms. The summed E-state index contributed by atoms with van der Waals surface area (Å²) in [6, 6.07) is -0.0227. The lowest BCUT2D eigenvalue weighted by Gasteiger charge is -2.28. The molecular weight excluding hydrogens is 410 g/mol. The van der Waals surface area contributed by atoms with E-state index in [2.05, 4.69) is 35.7 Å². The Morgan fingerprint density at radius 2 is 2.00 bits per heavy atom. The number of aryl methyl sites for hydroxylation is 1. The van der Waals surface area contributed by atoms with Gasteiger partial charge in [0.15, 0.2) is 5.65 Å². The molecule has 0 fully saturated rings. The first-order valence-electron chi connectivity index (χ1n) is 10.5. The van der Waals surface area contributed by atoms with Crippen LogP contribution in [0, 0.1) is 19.3 Å². The third-order valence-corrected chi connectivity index (χ3v) is 7.02. The van der Waals surface area contributed by atoms with Crippen molar-refractivity contribution in [3.05, 3.63) is 28.7 Å². The summed E-state index contributed by atoms with van der Waals surface area (Å²) in [6.45, 7) is 11.2. The lowest BCUT2D eigenvalue weighted by atomic mass is 9.87. The van der Waals surface area contributed by atoms with Crippen molar-refractivity contribution in [2.75, 3.05) is 12.8 Å². The normalized spacial score (nSPS) is 18.9. The molecule has 3 aromatic rings. The molecule has 4 rings (SSSR count). The van der Waals surface area contributed by atoms with Gasteiger partial charge in [-0.3, -0.25) is 4.98 Å². The number of ether oxygens (including phenoxy) is 1. The summed E-state index contributed by atoms with van der Waals surface area (Å²) >= 11 is 1.71. The van der Waals surface area contributed by atoms with Gasteiger partial charge in [0, 0.05) is 35.0 Å². The Morgan fingerprint density at radius 1 is 1.26 bits per heavy atom. The summed E-state index contributed by atoms with van der Waals surface area (Å²) in [5, 5.41) is 6.98. The largest absolute Gasteiger partial charge is 0.496 e. The summed E-state index contributed by atoms with van der Waals surface area (Å²) < 4.78 is 7.43. The summed E-state index contributed by atoms with van der Waals surface area (Å²) in [6.07, 6.45) is 3.50. The van der Waals surface area contributed by atoms with E-state index < -0.39 is 0 Å². The third kappa shape index (κ3) is 4.21. The fourth-order valence-corrected chi connectivity index (χ4v) is 5.83. The molecule has 0 amide bonds. The van der Waals surface area contributed by atoms with Gasteiger partial charge in [0.25, 0.3) is 0 Å². The molecule has 3 aromatic heterocycles. The number of nitrogen functional groups attached to an aromatic ring is 1. The Kier molecular flexibility index (Phi) is 5.59. The van der Waals surface area contributed by atoms with Crippen molar-refractivity contribution in [1.29, 1.82) is 0 Å². The number of nitrogens with two attached hydrogens (primary N) is 2. The fraction of sp³-hybridized carbons (Fsp3) is 0.545. The first-order chi connectivity index (χ1) is 14.6. The first kappa shape index (κ1) is 21.8. The van der Waals surface area contributed by atoms with E-state index in [0.717, 1.165) is 50.7 Å². The van der Waals surface area contributed by atoms with Crippen molar-refractivity contribution in [2.24, 2.45) is 11.1 Å². The zero-order valence-electron chi connectivity index (χ0n) is 19.1. The van der Waals surface area contributed by atoms with Crippen molar-refractivity contribution < 1.29 is 4.74 Å². The average molecular weight is 442 g/mol. The van der Waals surface area contributed by atoms with Crippen LogP contribution in [0.2, 0.25) is 0 Å². The van der Waals surface area contributed by atoms with Gasteiger partial charge < -0.3 is 16.2 Å². The van der Waals surface area contributed by atoms with Gasteiger partial charge >= 0.3 is 0 Å². The van der Waals surface area contributed by atoms with Crippen molar-refractivity contribution >= 4 is 28.7 Å². The van der Waals surface area contributed by atoms with Crippen LogP contribution in [0.15, 0.2) is 11.2 Å². The highest BCUT2D eigenvalue weighted by molar-refractivity contribution is 8.00. The number of rotatable bonds is 4. The Labute approximate surface area is 187 Å². The maximum Gasteiger partial charge on any atom is 0.223 e. The molecular formula is C22H31N7OS. The molecule has 0 saturated carbocycles. The monoisotopic (exact) mass is 441 g/mol. The van der Waals surface area contributed by atoms with Crippen LogP contribution >= 0.6 is 11.8 Å². The summed E-state index contributed by atoms with van der Waals surface area (Å²) in [5.74, 6) is 1.10. The van der Waals surface area contributed by atoms with Crippen LogP contribution in [-0.4, -0.2) is 43.1 Å². The highest BCUT2D eigenvalue weighted by atomic mass is 32.2. The van der Waals surface area contributed by atoms with E-state index in [1.165, 1.54) is 0 Å². The van der Waals surface area contributed by atoms with Gasteiger partial charge in [-0.1, -0.05) is 20.8 Å². The lowest BCUT2D eigenvalue weighted by Crippen LogP contribution is -2.36. The summed E-state index contributed by atoms with van der Waals surface area (Å²) in [5.41, 5.74) is 17.5. The predicted molar refractivity (Wildman–Crippen MR) is 124 cm³/mol. The Morgan fingerprint density at radius 3 is 2.68 bits per heavy atom. The van der Waals surface area contributed by atoms with Crippen LogP contribution in [0.4, 0.5) is 5.95 Å². The quantitative estimate of drug-likeness (QED) is 0.592. The second-order valence-corrected chi connectivity index (χ2v) is 10.8. The Bertz CT molecular complexity index is 1140. The van der Waals surface area contributed by atoms with Crippen LogP contribution in [0.25, 0.3) is 11.0 Å². The number of hydrogen-bond donors (Lipinski definition) is 2. The van der Waals surface area contributed by atoms with Crippen LogP contribution in [-0.2, 0) is 13.0 Å². The van der Waals surface area contributed by atoms with Crippen molar-refractivity contribution in [1.82, 2.24) is 24.7 Å². The highest BCUT2D eigenvalue weighted by Gasteiger charge is 2.32. The van der Waals surface area contributed by atoms with E-state index in [-0.39, 0.29) is 22.7 Å². The fourth-order valence-electron chi connectivity index (χ4n) is 4.22. The number of thioether (sulfide) groups is 1. The number of pyridine rings is 1. The van der Waals surface area contributed by atoms with Gasteiger partial charge in [0.05, 0.1) is 30.4 Å². The van der Waals surface area contributed by atoms with Crippen molar-refractivity contribution in [2.45, 2.75) is 70.3 Å². The molecule has 4 N–H and O–H groups in total. The minimum atomic E-state index is -0.0227. The predicted octanol–water partition coefficient (Wildman–Crippen LogP) is 3.26. The standard InChI is InChI=1S/C22H31N7OS/c1-11-9-25-15(12(2)18(11)30-6)10-29-19-17-14(28-29)7-13(23)16(8-22(3,4)5)31-20(17)27-21(24)26-19/h9,13,16H,7-8,10,23H2,1-6H3,(H2,24,26,27). The lowest BCUT2D eigenvalue weighted by molar-refractivity contribution is 0.354. The molecule has 1 aliphatic heterocycles. The molecule has 2 atom stereocenters. The van der Waals surface area contributed by atoms with Crippen LogP contribution < -0.4 is 16.2 Å². The van der Waals surface area contributed by atoms with Crippen molar-refractivity contribution in [3.8, 4) is 5.75 Å². The maximum absolute atomic E-state index is 6.64. The zero-order chi connectivity index (χ0) is 22.5.